The Morgan fingerprint density at radius 3 is 2.00 bits per heavy atom. The van der Waals surface area contributed by atoms with Gasteiger partial charge < -0.3 is 30.3 Å². The van der Waals surface area contributed by atoms with Gasteiger partial charge in [0.2, 0.25) is 0 Å². The first-order valence-electron chi connectivity index (χ1n) is 5.61. The van der Waals surface area contributed by atoms with Gasteiger partial charge in [-0.15, -0.1) is 33.6 Å². The third-order valence-electron chi connectivity index (χ3n) is 2.46. The Morgan fingerprint density at radius 1 is 0.947 bits per heavy atom. The molecule has 3 heteroatoms. The summed E-state index contributed by atoms with van der Waals surface area (Å²) in [6.07, 6.45) is 0. The molecule has 0 amide bonds. The van der Waals surface area contributed by atoms with Crippen LogP contribution in [0.5, 0.6) is 0 Å². The molecule has 0 unspecified atom stereocenters. The zero-order valence-corrected chi connectivity index (χ0v) is 12.7. The fourth-order valence-corrected chi connectivity index (χ4v) is 2.07. The van der Waals surface area contributed by atoms with E-state index >= 15 is 0 Å². The van der Waals surface area contributed by atoms with Crippen LogP contribution in [-0.2, 0) is 17.1 Å². The van der Waals surface area contributed by atoms with Gasteiger partial charge in [-0.25, -0.2) is 4.39 Å². The Hall–Kier alpha value is -1.15. The van der Waals surface area contributed by atoms with Crippen LogP contribution in [-0.4, -0.2) is 0 Å². The van der Waals surface area contributed by atoms with Gasteiger partial charge in [0, 0.05) is 17.1 Å². The Balaban J connectivity index is 0.000000256. The summed E-state index contributed by atoms with van der Waals surface area (Å²) in [6, 6.07) is 22.5. The SMILES string of the molecule is Fc1ccc(Br)c(-[c-]2cccc2)c1.[Fe].[cH-]1[cH-][cH-][cH-][cH-]1. The Labute approximate surface area is 131 Å². The van der Waals surface area contributed by atoms with Gasteiger partial charge in [0.25, 0.3) is 0 Å². The standard InChI is InChI=1S/C11H7BrF.C5H5.Fe/c12-11-6-5-9(13)7-10(11)8-3-1-2-4-8;1-2-4-5-3-1;/h1-7H;1-5H;/q-1;-5;. The second kappa shape index (κ2) is 8.11. The van der Waals surface area contributed by atoms with Crippen molar-refractivity contribution in [2.45, 2.75) is 0 Å². The van der Waals surface area contributed by atoms with Crippen LogP contribution in [0.4, 0.5) is 4.39 Å². The van der Waals surface area contributed by atoms with Gasteiger partial charge >= 0.3 is 0 Å². The van der Waals surface area contributed by atoms with E-state index in [9.17, 15) is 4.39 Å². The van der Waals surface area contributed by atoms with Crippen molar-refractivity contribution in [3.63, 3.8) is 0 Å². The average molecular weight is 359 g/mol. The molecule has 0 bridgehead atoms. The summed E-state index contributed by atoms with van der Waals surface area (Å²) in [6.45, 7) is 0. The zero-order valence-electron chi connectivity index (χ0n) is 10.0. The summed E-state index contributed by atoms with van der Waals surface area (Å²) >= 11 is 3.39. The summed E-state index contributed by atoms with van der Waals surface area (Å²) in [5, 5.41) is 0. The van der Waals surface area contributed by atoms with E-state index in [4.69, 9.17) is 0 Å². The molecule has 3 rings (SSSR count). The Kier molecular flexibility index (Phi) is 6.79. The van der Waals surface area contributed by atoms with Crippen LogP contribution < -0.4 is 0 Å². The number of hydrogen-bond donors (Lipinski definition) is 0. The topological polar surface area (TPSA) is 0 Å². The molecule has 0 aliphatic rings. The maximum atomic E-state index is 12.9. The summed E-state index contributed by atoms with van der Waals surface area (Å²) < 4.78 is 13.8. The van der Waals surface area contributed by atoms with Crippen LogP contribution >= 0.6 is 15.9 Å². The van der Waals surface area contributed by atoms with Gasteiger partial charge in [0.05, 0.1) is 5.82 Å². The molecule has 0 saturated carbocycles. The van der Waals surface area contributed by atoms with Crippen LogP contribution in [0, 0.1) is 5.82 Å². The molecule has 3 aromatic rings. The molecule has 0 saturated heterocycles. The molecule has 104 valence electrons. The van der Waals surface area contributed by atoms with Crippen molar-refractivity contribution in [1.82, 2.24) is 0 Å². The maximum Gasteiger partial charge on any atom is 0.0899 e. The molecule has 0 heterocycles. The predicted octanol–water partition coefficient (Wildman–Crippen LogP) is 5.38. The third-order valence-corrected chi connectivity index (χ3v) is 3.15. The van der Waals surface area contributed by atoms with Gasteiger partial charge in [0.15, 0.2) is 0 Å². The van der Waals surface area contributed by atoms with Crippen LogP contribution in [0.15, 0.2) is 77.3 Å². The summed E-state index contributed by atoms with van der Waals surface area (Å²) in [5.74, 6) is -0.209. The monoisotopic (exact) mass is 358 g/mol. The molecule has 3 aromatic carbocycles. The smallest absolute Gasteiger partial charge is 0.0899 e. The van der Waals surface area contributed by atoms with Crippen LogP contribution in [0.25, 0.3) is 11.1 Å². The predicted molar refractivity (Wildman–Crippen MR) is 77.2 cm³/mol. The number of rotatable bonds is 1. The average Bonchev–Trinajstić information content (AvgIpc) is 3.07. The first kappa shape index (κ1) is 15.9. The second-order valence-corrected chi connectivity index (χ2v) is 4.61. The maximum absolute atomic E-state index is 12.9. The number of halogens is 2. The van der Waals surface area contributed by atoms with Crippen molar-refractivity contribution in [3.05, 3.63) is 83.1 Å². The molecule has 19 heavy (non-hydrogen) atoms. The van der Waals surface area contributed by atoms with Crippen molar-refractivity contribution in [1.29, 1.82) is 0 Å². The van der Waals surface area contributed by atoms with E-state index in [2.05, 4.69) is 15.9 Å². The molecule has 0 nitrogen and oxygen atoms in total. The van der Waals surface area contributed by atoms with Gasteiger partial charge in [-0.05, 0) is 10.5 Å². The molecule has 0 fully saturated rings. The Morgan fingerprint density at radius 2 is 1.47 bits per heavy atom. The molecule has 0 N–H and O–H groups in total. The second-order valence-electron chi connectivity index (χ2n) is 3.76. The first-order valence-corrected chi connectivity index (χ1v) is 6.40. The molecular formula is C16H12BrFFe-6. The number of hydrogen-bond acceptors (Lipinski definition) is 0. The quantitative estimate of drug-likeness (QED) is 0.405. The van der Waals surface area contributed by atoms with E-state index in [-0.39, 0.29) is 22.9 Å². The minimum Gasteiger partial charge on any atom is -0.748 e. The van der Waals surface area contributed by atoms with Gasteiger partial charge in [-0.3, -0.25) is 0 Å². The third kappa shape index (κ3) is 4.79. The van der Waals surface area contributed by atoms with Crippen molar-refractivity contribution in [3.8, 4) is 11.1 Å². The van der Waals surface area contributed by atoms with E-state index in [1.807, 2.05) is 54.6 Å². The minimum absolute atomic E-state index is 0. The Bertz CT molecular complexity index is 554. The number of benzene rings is 1. The normalized spacial score (nSPS) is 9.16. The van der Waals surface area contributed by atoms with Crippen LogP contribution in [0.2, 0.25) is 0 Å². The van der Waals surface area contributed by atoms with Crippen molar-refractivity contribution >= 4 is 15.9 Å². The van der Waals surface area contributed by atoms with Crippen LogP contribution in [0.1, 0.15) is 0 Å². The van der Waals surface area contributed by atoms with E-state index in [1.165, 1.54) is 12.1 Å². The molecule has 0 aromatic heterocycles. The van der Waals surface area contributed by atoms with E-state index in [0.717, 1.165) is 15.6 Å². The van der Waals surface area contributed by atoms with Gasteiger partial charge in [-0.2, -0.15) is 12.1 Å². The molecule has 0 atom stereocenters. The minimum atomic E-state index is -0.209. The van der Waals surface area contributed by atoms with Crippen molar-refractivity contribution in [2.75, 3.05) is 0 Å². The first-order chi connectivity index (χ1) is 8.77. The molecular weight excluding hydrogens is 347 g/mol. The molecule has 0 spiro atoms. The van der Waals surface area contributed by atoms with E-state index < -0.39 is 0 Å². The van der Waals surface area contributed by atoms with Crippen molar-refractivity contribution < 1.29 is 21.5 Å². The van der Waals surface area contributed by atoms with E-state index in [1.54, 1.807) is 6.07 Å². The molecule has 0 radical (unpaired) electrons. The van der Waals surface area contributed by atoms with Gasteiger partial charge in [-0.1, -0.05) is 17.7 Å². The largest absolute Gasteiger partial charge is 0.748 e. The fraction of sp³-hybridized carbons (Fsp3) is 0. The zero-order chi connectivity index (χ0) is 12.8. The molecule has 0 aliphatic carbocycles. The summed E-state index contributed by atoms with van der Waals surface area (Å²) in [7, 11) is 0. The molecule has 0 aliphatic heterocycles. The summed E-state index contributed by atoms with van der Waals surface area (Å²) in [4.78, 5) is 0. The van der Waals surface area contributed by atoms with Crippen molar-refractivity contribution in [2.24, 2.45) is 0 Å². The van der Waals surface area contributed by atoms with E-state index in [0.29, 0.717) is 0 Å². The van der Waals surface area contributed by atoms with Gasteiger partial charge in [0.1, 0.15) is 0 Å². The summed E-state index contributed by atoms with van der Waals surface area (Å²) in [5.41, 5.74) is 1.93. The van der Waals surface area contributed by atoms with Crippen LogP contribution in [0.3, 0.4) is 0 Å². The fourth-order valence-electron chi connectivity index (χ4n) is 1.59.